The number of hydrogen-bond donors (Lipinski definition) is 0. The Labute approximate surface area is 132 Å². The lowest BCUT2D eigenvalue weighted by atomic mass is 10.1. The number of fused-ring (bicyclic) bond motifs is 1. The van der Waals surface area contributed by atoms with Crippen molar-refractivity contribution >= 4 is 11.0 Å². The SMILES string of the molecule is COc1ccc2c(=O)cc(-c3ccc(C#N)cc3)oc2c1OC. The van der Waals surface area contributed by atoms with Crippen molar-refractivity contribution in [3.63, 3.8) is 0 Å². The third-order valence-electron chi connectivity index (χ3n) is 3.54. The molecule has 5 heteroatoms. The highest BCUT2D eigenvalue weighted by Crippen LogP contribution is 2.36. The van der Waals surface area contributed by atoms with E-state index in [9.17, 15) is 4.79 Å². The van der Waals surface area contributed by atoms with Gasteiger partial charge in [-0.15, -0.1) is 0 Å². The second-order valence-electron chi connectivity index (χ2n) is 4.84. The molecule has 1 aromatic heterocycles. The van der Waals surface area contributed by atoms with E-state index in [1.165, 1.54) is 20.3 Å². The average molecular weight is 307 g/mol. The van der Waals surface area contributed by atoms with Gasteiger partial charge in [0, 0.05) is 11.6 Å². The molecule has 114 valence electrons. The quantitative estimate of drug-likeness (QED) is 0.742. The highest BCUT2D eigenvalue weighted by atomic mass is 16.5. The Balaban J connectivity index is 2.27. The van der Waals surface area contributed by atoms with Crippen LogP contribution < -0.4 is 14.9 Å². The Hall–Kier alpha value is -3.26. The molecule has 0 bridgehead atoms. The van der Waals surface area contributed by atoms with Gasteiger partial charge in [0.2, 0.25) is 5.75 Å². The first kappa shape index (κ1) is 14.7. The lowest BCUT2D eigenvalue weighted by Crippen LogP contribution is -2.02. The molecule has 3 rings (SSSR count). The monoisotopic (exact) mass is 307 g/mol. The molecule has 1 heterocycles. The fraction of sp³-hybridized carbons (Fsp3) is 0.111. The number of nitrogens with zero attached hydrogens (tertiary/aromatic N) is 1. The Kier molecular flexibility index (Phi) is 3.73. The van der Waals surface area contributed by atoms with Crippen molar-refractivity contribution in [3.8, 4) is 28.9 Å². The second-order valence-corrected chi connectivity index (χ2v) is 4.84. The van der Waals surface area contributed by atoms with Gasteiger partial charge in [0.15, 0.2) is 16.8 Å². The van der Waals surface area contributed by atoms with Crippen LogP contribution in [-0.4, -0.2) is 14.2 Å². The standard InChI is InChI=1S/C18H13NO4/c1-21-15-8-7-13-14(20)9-16(23-17(13)18(15)22-2)12-5-3-11(10-19)4-6-12/h3-9H,1-2H3. The Bertz CT molecular complexity index is 965. The van der Waals surface area contributed by atoms with Gasteiger partial charge in [-0.1, -0.05) is 0 Å². The molecule has 0 N–H and O–H groups in total. The fourth-order valence-corrected chi connectivity index (χ4v) is 2.38. The third-order valence-corrected chi connectivity index (χ3v) is 3.54. The lowest BCUT2D eigenvalue weighted by Gasteiger charge is -2.10. The predicted octanol–water partition coefficient (Wildman–Crippen LogP) is 3.35. The largest absolute Gasteiger partial charge is 0.493 e. The van der Waals surface area contributed by atoms with Crippen LogP contribution in [0.4, 0.5) is 0 Å². The van der Waals surface area contributed by atoms with Crippen molar-refractivity contribution in [2.24, 2.45) is 0 Å². The van der Waals surface area contributed by atoms with E-state index in [1.54, 1.807) is 36.4 Å². The zero-order valence-electron chi connectivity index (χ0n) is 12.6. The van der Waals surface area contributed by atoms with E-state index in [-0.39, 0.29) is 5.43 Å². The van der Waals surface area contributed by atoms with Gasteiger partial charge in [-0.3, -0.25) is 4.79 Å². The summed E-state index contributed by atoms with van der Waals surface area (Å²) in [4.78, 5) is 12.4. The molecular formula is C18H13NO4. The molecule has 23 heavy (non-hydrogen) atoms. The Morgan fingerprint density at radius 3 is 2.39 bits per heavy atom. The summed E-state index contributed by atoms with van der Waals surface area (Å²) in [6, 6.07) is 13.6. The van der Waals surface area contributed by atoms with E-state index in [0.717, 1.165) is 0 Å². The molecule has 0 atom stereocenters. The van der Waals surface area contributed by atoms with Gasteiger partial charge in [0.05, 0.1) is 31.2 Å². The van der Waals surface area contributed by atoms with Crippen LogP contribution in [0.15, 0.2) is 51.7 Å². The molecule has 3 aromatic rings. The first-order valence-corrected chi connectivity index (χ1v) is 6.87. The van der Waals surface area contributed by atoms with Crippen molar-refractivity contribution in [1.82, 2.24) is 0 Å². The van der Waals surface area contributed by atoms with Gasteiger partial charge < -0.3 is 13.9 Å². The summed E-state index contributed by atoms with van der Waals surface area (Å²) < 4.78 is 16.4. The maximum absolute atomic E-state index is 12.4. The Morgan fingerprint density at radius 2 is 1.78 bits per heavy atom. The number of methoxy groups -OCH3 is 2. The summed E-state index contributed by atoms with van der Waals surface area (Å²) in [6.45, 7) is 0. The molecule has 0 aliphatic rings. The first-order chi connectivity index (χ1) is 11.2. The van der Waals surface area contributed by atoms with Crippen LogP contribution in [0.3, 0.4) is 0 Å². The van der Waals surface area contributed by atoms with E-state index in [2.05, 4.69) is 6.07 Å². The number of benzene rings is 2. The summed E-state index contributed by atoms with van der Waals surface area (Å²) in [5.41, 5.74) is 1.40. The average Bonchev–Trinajstić information content (AvgIpc) is 2.60. The molecule has 0 unspecified atom stereocenters. The van der Waals surface area contributed by atoms with E-state index >= 15 is 0 Å². The van der Waals surface area contributed by atoms with E-state index in [1.807, 2.05) is 0 Å². The second kappa shape index (κ2) is 5.85. The summed E-state index contributed by atoms with van der Waals surface area (Å²) in [5.74, 6) is 1.26. The van der Waals surface area contributed by atoms with Crippen LogP contribution in [0.2, 0.25) is 0 Å². The van der Waals surface area contributed by atoms with Crippen molar-refractivity contribution in [3.05, 3.63) is 58.3 Å². The predicted molar refractivity (Wildman–Crippen MR) is 85.7 cm³/mol. The summed E-state index contributed by atoms with van der Waals surface area (Å²) in [6.07, 6.45) is 0. The fourth-order valence-electron chi connectivity index (χ4n) is 2.38. The van der Waals surface area contributed by atoms with Gasteiger partial charge in [0.25, 0.3) is 0 Å². The van der Waals surface area contributed by atoms with Crippen molar-refractivity contribution in [2.45, 2.75) is 0 Å². The van der Waals surface area contributed by atoms with Gasteiger partial charge in [-0.2, -0.15) is 5.26 Å². The lowest BCUT2D eigenvalue weighted by molar-refractivity contribution is 0.353. The molecule has 0 radical (unpaired) electrons. The summed E-state index contributed by atoms with van der Waals surface area (Å²) >= 11 is 0. The molecule has 0 fully saturated rings. The number of rotatable bonds is 3. The van der Waals surface area contributed by atoms with Gasteiger partial charge in [0.1, 0.15) is 5.76 Å². The van der Waals surface area contributed by atoms with Crippen LogP contribution in [0.5, 0.6) is 11.5 Å². The van der Waals surface area contributed by atoms with Gasteiger partial charge in [-0.25, -0.2) is 0 Å². The van der Waals surface area contributed by atoms with Crippen LogP contribution in [-0.2, 0) is 0 Å². The van der Waals surface area contributed by atoms with Crippen molar-refractivity contribution in [2.75, 3.05) is 14.2 Å². The number of ether oxygens (including phenoxy) is 2. The Morgan fingerprint density at radius 1 is 1.04 bits per heavy atom. The highest BCUT2D eigenvalue weighted by molar-refractivity contribution is 5.86. The molecule has 5 nitrogen and oxygen atoms in total. The topological polar surface area (TPSA) is 72.5 Å². The zero-order valence-corrected chi connectivity index (χ0v) is 12.6. The molecule has 0 amide bonds. The van der Waals surface area contributed by atoms with E-state index in [4.69, 9.17) is 19.2 Å². The summed E-state index contributed by atoms with van der Waals surface area (Å²) in [7, 11) is 3.01. The van der Waals surface area contributed by atoms with Crippen LogP contribution in [0.1, 0.15) is 5.56 Å². The van der Waals surface area contributed by atoms with Crippen LogP contribution >= 0.6 is 0 Å². The highest BCUT2D eigenvalue weighted by Gasteiger charge is 2.15. The van der Waals surface area contributed by atoms with E-state index in [0.29, 0.717) is 39.4 Å². The molecule has 0 saturated carbocycles. The zero-order chi connectivity index (χ0) is 16.4. The molecule has 0 aliphatic carbocycles. The van der Waals surface area contributed by atoms with Crippen LogP contribution in [0.25, 0.3) is 22.3 Å². The smallest absolute Gasteiger partial charge is 0.204 e. The maximum atomic E-state index is 12.4. The number of hydrogen-bond acceptors (Lipinski definition) is 5. The third kappa shape index (κ3) is 2.51. The molecule has 0 aliphatic heterocycles. The van der Waals surface area contributed by atoms with Crippen molar-refractivity contribution in [1.29, 1.82) is 5.26 Å². The molecular weight excluding hydrogens is 294 g/mol. The minimum absolute atomic E-state index is 0.174. The molecule has 0 spiro atoms. The van der Waals surface area contributed by atoms with E-state index < -0.39 is 0 Å². The summed E-state index contributed by atoms with van der Waals surface area (Å²) in [5, 5.41) is 9.27. The maximum Gasteiger partial charge on any atom is 0.204 e. The first-order valence-electron chi connectivity index (χ1n) is 6.87. The van der Waals surface area contributed by atoms with Gasteiger partial charge >= 0.3 is 0 Å². The van der Waals surface area contributed by atoms with Crippen molar-refractivity contribution < 1.29 is 13.9 Å². The molecule has 2 aromatic carbocycles. The minimum Gasteiger partial charge on any atom is -0.493 e. The van der Waals surface area contributed by atoms with Gasteiger partial charge in [-0.05, 0) is 36.4 Å². The minimum atomic E-state index is -0.174. The van der Waals surface area contributed by atoms with Crippen LogP contribution in [0, 0.1) is 11.3 Å². The molecule has 0 saturated heterocycles. The normalized spacial score (nSPS) is 10.3. The number of nitriles is 1.